The van der Waals surface area contributed by atoms with Crippen molar-refractivity contribution in [2.45, 2.75) is 64.0 Å². The maximum atomic E-state index is 10.6. The Morgan fingerprint density at radius 3 is 2.61 bits per heavy atom. The molecule has 1 N–H and O–H groups in total. The van der Waals surface area contributed by atoms with Crippen LogP contribution in [0.3, 0.4) is 0 Å². The minimum absolute atomic E-state index is 0.300. The van der Waals surface area contributed by atoms with Crippen molar-refractivity contribution in [1.29, 1.82) is 0 Å². The van der Waals surface area contributed by atoms with Crippen LogP contribution in [0.2, 0.25) is 0 Å². The fourth-order valence-electron chi connectivity index (χ4n) is 3.36. The summed E-state index contributed by atoms with van der Waals surface area (Å²) in [5.74, 6) is 1.34. The van der Waals surface area contributed by atoms with E-state index in [4.69, 9.17) is 0 Å². The highest BCUT2D eigenvalue weighted by Gasteiger charge is 2.32. The second-order valence-electron chi connectivity index (χ2n) is 6.09. The van der Waals surface area contributed by atoms with Crippen LogP contribution < -0.4 is 0 Å². The molecule has 100 valence electrons. The van der Waals surface area contributed by atoms with Crippen molar-refractivity contribution in [3.05, 3.63) is 18.2 Å². The summed E-state index contributed by atoms with van der Waals surface area (Å²) in [4.78, 5) is 4.23. The molecule has 1 aromatic heterocycles. The molecule has 2 aliphatic rings. The molecule has 0 saturated heterocycles. The molecule has 0 spiro atoms. The number of rotatable bonds is 4. The van der Waals surface area contributed by atoms with Gasteiger partial charge in [-0.2, -0.15) is 0 Å². The monoisotopic (exact) mass is 248 g/mol. The zero-order valence-corrected chi connectivity index (χ0v) is 11.3. The second-order valence-corrected chi connectivity index (χ2v) is 6.09. The number of imidazole rings is 1. The van der Waals surface area contributed by atoms with Crippen LogP contribution in [0, 0.1) is 11.8 Å². The van der Waals surface area contributed by atoms with Crippen LogP contribution in [0.5, 0.6) is 0 Å². The molecule has 1 aromatic rings. The molecular weight excluding hydrogens is 224 g/mol. The Balaban J connectivity index is 1.67. The number of hydrogen-bond acceptors (Lipinski definition) is 2. The van der Waals surface area contributed by atoms with Crippen LogP contribution in [0.4, 0.5) is 0 Å². The maximum Gasteiger partial charge on any atom is 0.0983 e. The lowest BCUT2D eigenvalue weighted by Crippen LogP contribution is -2.21. The molecule has 2 fully saturated rings. The molecule has 1 atom stereocenters. The van der Waals surface area contributed by atoms with E-state index in [1.165, 1.54) is 44.9 Å². The van der Waals surface area contributed by atoms with Crippen molar-refractivity contribution in [1.82, 2.24) is 9.55 Å². The van der Waals surface area contributed by atoms with E-state index >= 15 is 0 Å². The second kappa shape index (κ2) is 5.04. The molecule has 3 rings (SSSR count). The molecule has 0 aliphatic heterocycles. The van der Waals surface area contributed by atoms with Gasteiger partial charge in [-0.3, -0.25) is 0 Å². The summed E-state index contributed by atoms with van der Waals surface area (Å²) in [5.41, 5.74) is 1.05. The van der Waals surface area contributed by atoms with Gasteiger partial charge in [0.05, 0.1) is 24.3 Å². The molecule has 3 heteroatoms. The number of aliphatic hydroxyl groups excluding tert-OH is 1. The zero-order chi connectivity index (χ0) is 12.5. The first kappa shape index (κ1) is 12.2. The van der Waals surface area contributed by atoms with Crippen molar-refractivity contribution in [3.63, 3.8) is 0 Å². The highest BCUT2D eigenvalue weighted by Crippen LogP contribution is 2.41. The topological polar surface area (TPSA) is 38.1 Å². The molecule has 18 heavy (non-hydrogen) atoms. The van der Waals surface area contributed by atoms with Gasteiger partial charge >= 0.3 is 0 Å². The lowest BCUT2D eigenvalue weighted by molar-refractivity contribution is 0.0665. The molecule has 2 saturated carbocycles. The molecule has 0 radical (unpaired) electrons. The van der Waals surface area contributed by atoms with E-state index in [1.807, 2.05) is 12.5 Å². The summed E-state index contributed by atoms with van der Waals surface area (Å²) in [6, 6.07) is 0.615. The third-order valence-electron chi connectivity index (χ3n) is 4.85. The fourth-order valence-corrected chi connectivity index (χ4v) is 3.36. The lowest BCUT2D eigenvalue weighted by atomic mass is 9.78. The van der Waals surface area contributed by atoms with Crippen LogP contribution in [-0.4, -0.2) is 14.7 Å². The van der Waals surface area contributed by atoms with Crippen LogP contribution >= 0.6 is 0 Å². The molecule has 3 nitrogen and oxygen atoms in total. The molecular formula is C15H24N2O. The van der Waals surface area contributed by atoms with Crippen LogP contribution in [0.15, 0.2) is 12.5 Å². The Labute approximate surface area is 109 Å². The SMILES string of the molecule is CCC1CCC(C(O)c2cncn2C2CC2)CC1. The highest BCUT2D eigenvalue weighted by atomic mass is 16.3. The van der Waals surface area contributed by atoms with E-state index in [2.05, 4.69) is 16.5 Å². The summed E-state index contributed by atoms with van der Waals surface area (Å²) < 4.78 is 2.20. The Hall–Kier alpha value is -0.830. The Morgan fingerprint density at radius 1 is 1.28 bits per heavy atom. The van der Waals surface area contributed by atoms with E-state index in [0.717, 1.165) is 11.6 Å². The first-order chi connectivity index (χ1) is 8.79. The minimum Gasteiger partial charge on any atom is -0.387 e. The quantitative estimate of drug-likeness (QED) is 0.886. The smallest absolute Gasteiger partial charge is 0.0983 e. The van der Waals surface area contributed by atoms with Crippen molar-refractivity contribution < 1.29 is 5.11 Å². The molecule has 0 aromatic carbocycles. The van der Waals surface area contributed by atoms with Crippen molar-refractivity contribution in [2.24, 2.45) is 11.8 Å². The van der Waals surface area contributed by atoms with Gasteiger partial charge < -0.3 is 9.67 Å². The van der Waals surface area contributed by atoms with Gasteiger partial charge in [0.2, 0.25) is 0 Å². The van der Waals surface area contributed by atoms with Gasteiger partial charge in [-0.1, -0.05) is 26.2 Å². The van der Waals surface area contributed by atoms with Gasteiger partial charge in [0.15, 0.2) is 0 Å². The van der Waals surface area contributed by atoms with Crippen molar-refractivity contribution in [3.8, 4) is 0 Å². The average molecular weight is 248 g/mol. The Bertz CT molecular complexity index is 389. The van der Waals surface area contributed by atoms with Gasteiger partial charge in [0.25, 0.3) is 0 Å². The van der Waals surface area contributed by atoms with E-state index in [9.17, 15) is 5.11 Å². The van der Waals surface area contributed by atoms with E-state index < -0.39 is 0 Å². The first-order valence-electron chi connectivity index (χ1n) is 7.49. The van der Waals surface area contributed by atoms with Crippen LogP contribution in [0.1, 0.15) is 69.7 Å². The number of aliphatic hydroxyl groups is 1. The van der Waals surface area contributed by atoms with Gasteiger partial charge in [-0.05, 0) is 37.5 Å². The summed E-state index contributed by atoms with van der Waals surface area (Å²) in [6.07, 6.45) is 12.2. The first-order valence-corrected chi connectivity index (χ1v) is 7.49. The third-order valence-corrected chi connectivity index (χ3v) is 4.85. The molecule has 1 heterocycles. The van der Waals surface area contributed by atoms with Crippen LogP contribution in [-0.2, 0) is 0 Å². The van der Waals surface area contributed by atoms with Crippen LogP contribution in [0.25, 0.3) is 0 Å². The third kappa shape index (κ3) is 2.33. The molecule has 2 aliphatic carbocycles. The number of aromatic nitrogens is 2. The Morgan fingerprint density at radius 2 is 2.00 bits per heavy atom. The largest absolute Gasteiger partial charge is 0.387 e. The number of nitrogens with zero attached hydrogens (tertiary/aromatic N) is 2. The minimum atomic E-state index is -0.300. The molecule has 0 amide bonds. The van der Waals surface area contributed by atoms with Crippen molar-refractivity contribution >= 4 is 0 Å². The highest BCUT2D eigenvalue weighted by molar-refractivity contribution is 5.08. The predicted molar refractivity (Wildman–Crippen MR) is 71.2 cm³/mol. The summed E-state index contributed by atoms with van der Waals surface area (Å²) in [5, 5.41) is 10.6. The normalized spacial score (nSPS) is 30.3. The summed E-state index contributed by atoms with van der Waals surface area (Å²) >= 11 is 0. The van der Waals surface area contributed by atoms with Gasteiger partial charge in [-0.25, -0.2) is 4.98 Å². The molecule has 1 unspecified atom stereocenters. The Kier molecular flexibility index (Phi) is 3.42. The standard InChI is InChI=1S/C15H24N2O/c1-2-11-3-5-12(6-4-11)15(18)14-9-16-10-17(14)13-7-8-13/h9-13,15,18H,2-8H2,1H3. The van der Waals surface area contributed by atoms with Gasteiger partial charge in [0, 0.05) is 6.04 Å². The van der Waals surface area contributed by atoms with E-state index in [1.54, 1.807) is 0 Å². The van der Waals surface area contributed by atoms with Gasteiger partial charge in [-0.15, -0.1) is 0 Å². The average Bonchev–Trinajstić information content (AvgIpc) is 3.15. The van der Waals surface area contributed by atoms with Gasteiger partial charge in [0.1, 0.15) is 0 Å². The predicted octanol–water partition coefficient (Wildman–Crippen LogP) is 3.47. The lowest BCUT2D eigenvalue weighted by Gasteiger charge is -2.31. The molecule has 0 bridgehead atoms. The number of hydrogen-bond donors (Lipinski definition) is 1. The fraction of sp³-hybridized carbons (Fsp3) is 0.800. The zero-order valence-electron chi connectivity index (χ0n) is 11.3. The van der Waals surface area contributed by atoms with E-state index in [0.29, 0.717) is 12.0 Å². The van der Waals surface area contributed by atoms with E-state index in [-0.39, 0.29) is 6.10 Å². The summed E-state index contributed by atoms with van der Waals surface area (Å²) in [7, 11) is 0. The van der Waals surface area contributed by atoms with Crippen molar-refractivity contribution in [2.75, 3.05) is 0 Å². The summed E-state index contributed by atoms with van der Waals surface area (Å²) in [6.45, 7) is 2.28. The maximum absolute atomic E-state index is 10.6.